The van der Waals surface area contributed by atoms with Crippen LogP contribution < -0.4 is 5.32 Å². The lowest BCUT2D eigenvalue weighted by atomic mass is 10.1. The molecule has 3 heterocycles. The van der Waals surface area contributed by atoms with Gasteiger partial charge in [-0.1, -0.05) is 6.42 Å². The summed E-state index contributed by atoms with van der Waals surface area (Å²) in [6, 6.07) is 1.54. The number of aromatic nitrogens is 1. The summed E-state index contributed by atoms with van der Waals surface area (Å²) in [5, 5.41) is 3.15. The molecule has 1 aromatic heterocycles. The van der Waals surface area contributed by atoms with Gasteiger partial charge in [-0.05, 0) is 44.8 Å². The largest absolute Gasteiger partial charge is 0.345 e. The Morgan fingerprint density at radius 3 is 2.58 bits per heavy atom. The lowest BCUT2D eigenvalue weighted by molar-refractivity contribution is 0.0778. The van der Waals surface area contributed by atoms with E-state index in [9.17, 15) is 13.2 Å². The van der Waals surface area contributed by atoms with Crippen LogP contribution >= 0.6 is 12.4 Å². The molecule has 2 saturated heterocycles. The molecule has 0 aliphatic carbocycles. The lowest BCUT2D eigenvalue weighted by Crippen LogP contribution is -2.35. The zero-order chi connectivity index (χ0) is 18.0. The van der Waals surface area contributed by atoms with E-state index >= 15 is 0 Å². The second-order valence-electron chi connectivity index (χ2n) is 7.10. The van der Waals surface area contributed by atoms with Gasteiger partial charge in [-0.2, -0.15) is 4.31 Å². The van der Waals surface area contributed by atoms with Crippen molar-refractivity contribution in [3.8, 4) is 0 Å². The predicted octanol–water partition coefficient (Wildman–Crippen LogP) is 1.30. The smallest absolute Gasteiger partial charge is 0.270 e. The van der Waals surface area contributed by atoms with E-state index in [2.05, 4.69) is 5.32 Å². The molecule has 1 amide bonds. The Morgan fingerprint density at radius 1 is 1.23 bits per heavy atom. The second kappa shape index (κ2) is 8.73. The molecule has 0 spiro atoms. The minimum Gasteiger partial charge on any atom is -0.345 e. The SMILES string of the molecule is CNCC1CCN(C(=O)c2cc(S(=O)(=O)N3CCCCC3)cn2C)C1.Cl. The highest BCUT2D eigenvalue weighted by atomic mass is 35.5. The van der Waals surface area contributed by atoms with Crippen molar-refractivity contribution in [2.45, 2.75) is 30.6 Å². The number of nitrogens with one attached hydrogen (secondary N) is 1. The Balaban J connectivity index is 0.00000243. The standard InChI is InChI=1S/C17H28N4O3S.ClH/c1-18-11-14-6-9-20(12-14)17(22)16-10-15(13-19(16)2)25(23,24)21-7-4-3-5-8-21;/h10,13-14,18H,3-9,11-12H2,1-2H3;1H. The number of amides is 1. The maximum atomic E-state index is 12.8. The third-order valence-electron chi connectivity index (χ3n) is 5.22. The Labute approximate surface area is 162 Å². The third kappa shape index (κ3) is 4.24. The molecule has 0 bridgehead atoms. The number of likely N-dealkylation sites (tertiary alicyclic amines) is 1. The highest BCUT2D eigenvalue weighted by molar-refractivity contribution is 7.89. The first-order valence-electron chi connectivity index (χ1n) is 9.04. The van der Waals surface area contributed by atoms with Crippen molar-refractivity contribution in [1.82, 2.24) is 19.1 Å². The van der Waals surface area contributed by atoms with E-state index in [0.717, 1.165) is 45.3 Å². The van der Waals surface area contributed by atoms with Crippen LogP contribution in [0.1, 0.15) is 36.2 Å². The maximum Gasteiger partial charge on any atom is 0.270 e. The van der Waals surface area contributed by atoms with Crippen molar-refractivity contribution in [2.24, 2.45) is 13.0 Å². The van der Waals surface area contributed by atoms with Crippen molar-refractivity contribution in [1.29, 1.82) is 0 Å². The van der Waals surface area contributed by atoms with Crippen molar-refractivity contribution in [3.05, 3.63) is 18.0 Å². The summed E-state index contributed by atoms with van der Waals surface area (Å²) in [4.78, 5) is 14.9. The van der Waals surface area contributed by atoms with Crippen molar-refractivity contribution in [3.63, 3.8) is 0 Å². The zero-order valence-corrected chi connectivity index (χ0v) is 17.1. The van der Waals surface area contributed by atoms with Gasteiger partial charge in [0.2, 0.25) is 10.0 Å². The van der Waals surface area contributed by atoms with Crippen LogP contribution in [0, 0.1) is 5.92 Å². The molecule has 0 saturated carbocycles. The van der Waals surface area contributed by atoms with Crippen LogP contribution in [0.2, 0.25) is 0 Å². The van der Waals surface area contributed by atoms with Gasteiger partial charge in [-0.3, -0.25) is 4.79 Å². The normalized spacial score (nSPS) is 21.6. The van der Waals surface area contributed by atoms with Crippen LogP contribution in [0.4, 0.5) is 0 Å². The van der Waals surface area contributed by atoms with Crippen LogP contribution in [0.25, 0.3) is 0 Å². The number of nitrogens with zero attached hydrogens (tertiary/aromatic N) is 3. The van der Waals surface area contributed by atoms with E-state index < -0.39 is 10.0 Å². The van der Waals surface area contributed by atoms with Gasteiger partial charge >= 0.3 is 0 Å². The fourth-order valence-corrected chi connectivity index (χ4v) is 5.37. The summed E-state index contributed by atoms with van der Waals surface area (Å²) in [5.74, 6) is 0.381. The van der Waals surface area contributed by atoms with Crippen LogP contribution in [-0.4, -0.2) is 67.9 Å². The molecule has 1 atom stereocenters. The number of carbonyl (C=O) groups excluding carboxylic acids is 1. The predicted molar refractivity (Wildman–Crippen MR) is 103 cm³/mol. The molecule has 2 aliphatic rings. The molecule has 148 valence electrons. The topological polar surface area (TPSA) is 74.7 Å². The lowest BCUT2D eigenvalue weighted by Gasteiger charge is -2.25. The monoisotopic (exact) mass is 404 g/mol. The molecule has 7 nitrogen and oxygen atoms in total. The highest BCUT2D eigenvalue weighted by Crippen LogP contribution is 2.24. The molecule has 2 aliphatic heterocycles. The molecule has 1 N–H and O–H groups in total. The van der Waals surface area contributed by atoms with E-state index in [4.69, 9.17) is 0 Å². The average molecular weight is 405 g/mol. The first kappa shape index (κ1) is 21.2. The Bertz CT molecular complexity index is 728. The Kier molecular flexibility index (Phi) is 7.12. The van der Waals surface area contributed by atoms with Gasteiger partial charge in [-0.15, -0.1) is 12.4 Å². The van der Waals surface area contributed by atoms with Crippen LogP contribution in [-0.2, 0) is 17.1 Å². The minimum absolute atomic E-state index is 0. The Hall–Kier alpha value is -1.09. The number of aryl methyl sites for hydroxylation is 1. The molecule has 1 unspecified atom stereocenters. The van der Waals surface area contributed by atoms with Crippen molar-refractivity contribution >= 4 is 28.3 Å². The van der Waals surface area contributed by atoms with Crippen LogP contribution in [0.15, 0.2) is 17.2 Å². The summed E-state index contributed by atoms with van der Waals surface area (Å²) in [7, 11) is 0.147. The molecule has 9 heteroatoms. The molecule has 3 rings (SSSR count). The summed E-state index contributed by atoms with van der Waals surface area (Å²) >= 11 is 0. The average Bonchev–Trinajstić information content (AvgIpc) is 3.22. The number of halogens is 1. The number of carbonyl (C=O) groups is 1. The number of rotatable bonds is 5. The minimum atomic E-state index is -3.51. The third-order valence-corrected chi connectivity index (χ3v) is 7.08. The van der Waals surface area contributed by atoms with Gasteiger partial charge in [0.25, 0.3) is 5.91 Å². The summed E-state index contributed by atoms with van der Waals surface area (Å²) in [6.45, 7) is 3.48. The van der Waals surface area contributed by atoms with E-state index in [0.29, 0.717) is 24.7 Å². The van der Waals surface area contributed by atoms with E-state index in [1.165, 1.54) is 6.07 Å². The number of hydrogen-bond donors (Lipinski definition) is 1. The first-order chi connectivity index (χ1) is 11.9. The quantitative estimate of drug-likeness (QED) is 0.802. The molecule has 0 aromatic carbocycles. The van der Waals surface area contributed by atoms with Gasteiger partial charge < -0.3 is 14.8 Å². The molecule has 2 fully saturated rings. The Morgan fingerprint density at radius 2 is 1.92 bits per heavy atom. The first-order valence-corrected chi connectivity index (χ1v) is 10.5. The molecule has 0 radical (unpaired) electrons. The highest BCUT2D eigenvalue weighted by Gasteiger charge is 2.31. The fraction of sp³-hybridized carbons (Fsp3) is 0.706. The van der Waals surface area contributed by atoms with Gasteiger partial charge in [0.15, 0.2) is 0 Å². The second-order valence-corrected chi connectivity index (χ2v) is 9.04. The van der Waals surface area contributed by atoms with E-state index in [-0.39, 0.29) is 23.2 Å². The van der Waals surface area contributed by atoms with Crippen molar-refractivity contribution < 1.29 is 13.2 Å². The summed E-state index contributed by atoms with van der Waals surface area (Å²) < 4.78 is 28.8. The van der Waals surface area contributed by atoms with Crippen LogP contribution in [0.5, 0.6) is 0 Å². The number of sulfonamides is 1. The van der Waals surface area contributed by atoms with Gasteiger partial charge in [0.1, 0.15) is 10.6 Å². The van der Waals surface area contributed by atoms with Crippen LogP contribution in [0.3, 0.4) is 0 Å². The van der Waals surface area contributed by atoms with Gasteiger partial charge in [0, 0.05) is 39.4 Å². The summed E-state index contributed by atoms with van der Waals surface area (Å²) in [6.07, 6.45) is 5.43. The van der Waals surface area contributed by atoms with E-state index in [1.54, 1.807) is 22.1 Å². The molecular formula is C17H29ClN4O3S. The molecule has 1 aromatic rings. The zero-order valence-electron chi connectivity index (χ0n) is 15.5. The fourth-order valence-electron chi connectivity index (χ4n) is 3.78. The number of piperidine rings is 1. The number of hydrogen-bond acceptors (Lipinski definition) is 4. The summed E-state index contributed by atoms with van der Waals surface area (Å²) in [5.41, 5.74) is 0.445. The van der Waals surface area contributed by atoms with E-state index in [1.807, 2.05) is 11.9 Å². The molecule has 26 heavy (non-hydrogen) atoms. The molecular weight excluding hydrogens is 376 g/mol. The van der Waals surface area contributed by atoms with Gasteiger partial charge in [0.05, 0.1) is 0 Å². The van der Waals surface area contributed by atoms with Gasteiger partial charge in [-0.25, -0.2) is 8.42 Å². The van der Waals surface area contributed by atoms with Crippen molar-refractivity contribution in [2.75, 3.05) is 39.8 Å². The maximum absolute atomic E-state index is 12.8.